The number of rotatable bonds is 4. The molecule has 0 saturated heterocycles. The van der Waals surface area contributed by atoms with E-state index in [-0.39, 0.29) is 11.9 Å². The van der Waals surface area contributed by atoms with Crippen LogP contribution in [-0.4, -0.2) is 14.9 Å². The summed E-state index contributed by atoms with van der Waals surface area (Å²) in [5.41, 5.74) is 3.20. The molecular weight excluding hydrogens is 287 g/mol. The molecule has 0 bridgehead atoms. The van der Waals surface area contributed by atoms with Gasteiger partial charge in [-0.15, -0.1) is 0 Å². The number of hydrogen-bond acceptors (Lipinski definition) is 2. The summed E-state index contributed by atoms with van der Waals surface area (Å²) in [5.74, 6) is -0.236. The van der Waals surface area contributed by atoms with Gasteiger partial charge in [-0.2, -0.15) is 5.10 Å². The lowest BCUT2D eigenvalue weighted by molar-refractivity contribution is 0.626. The number of aryl methyl sites for hydroxylation is 1. The first-order valence-electron chi connectivity index (χ1n) is 6.74. The smallest absolute Gasteiger partial charge is 0.167 e. The Bertz CT molecular complexity index is 621. The van der Waals surface area contributed by atoms with Gasteiger partial charge in [0.1, 0.15) is 5.82 Å². The minimum atomic E-state index is -0.236. The summed E-state index contributed by atoms with van der Waals surface area (Å²) >= 11 is 5.28. The van der Waals surface area contributed by atoms with Crippen LogP contribution < -0.4 is 10.6 Å². The van der Waals surface area contributed by atoms with Gasteiger partial charge >= 0.3 is 0 Å². The molecule has 0 saturated carbocycles. The fraction of sp³-hybridized carbons (Fsp3) is 0.333. The van der Waals surface area contributed by atoms with Crippen LogP contribution in [0.4, 0.5) is 4.39 Å². The Kier molecular flexibility index (Phi) is 4.90. The zero-order chi connectivity index (χ0) is 15.4. The van der Waals surface area contributed by atoms with Gasteiger partial charge in [0.25, 0.3) is 0 Å². The van der Waals surface area contributed by atoms with Crippen LogP contribution in [0.1, 0.15) is 29.8 Å². The topological polar surface area (TPSA) is 41.9 Å². The molecule has 0 amide bonds. The zero-order valence-corrected chi connectivity index (χ0v) is 13.2. The Morgan fingerprint density at radius 1 is 1.38 bits per heavy atom. The van der Waals surface area contributed by atoms with E-state index >= 15 is 0 Å². The summed E-state index contributed by atoms with van der Waals surface area (Å²) in [7, 11) is 1.91. The van der Waals surface area contributed by atoms with Crippen molar-refractivity contribution in [2.75, 3.05) is 0 Å². The van der Waals surface area contributed by atoms with Crippen LogP contribution in [0.2, 0.25) is 0 Å². The maximum Gasteiger partial charge on any atom is 0.167 e. The molecule has 2 aromatic rings. The standard InChI is InChI=1S/C15H19FN4S/c1-10(14-9-18-20(3)11(14)2)19-15(21)17-8-12-4-6-13(16)7-5-12/h4-7,9-10H,8H2,1-3H3,(H2,17,19,21). The summed E-state index contributed by atoms with van der Waals surface area (Å²) in [6, 6.07) is 6.43. The Morgan fingerprint density at radius 2 is 2.05 bits per heavy atom. The van der Waals surface area contributed by atoms with Gasteiger partial charge in [0.15, 0.2) is 5.11 Å². The van der Waals surface area contributed by atoms with E-state index in [1.54, 1.807) is 12.1 Å². The van der Waals surface area contributed by atoms with Crippen molar-refractivity contribution in [2.24, 2.45) is 7.05 Å². The number of aromatic nitrogens is 2. The highest BCUT2D eigenvalue weighted by molar-refractivity contribution is 7.80. The van der Waals surface area contributed by atoms with Crippen molar-refractivity contribution in [3.05, 3.63) is 53.1 Å². The van der Waals surface area contributed by atoms with Gasteiger partial charge in [0, 0.05) is 24.8 Å². The summed E-state index contributed by atoms with van der Waals surface area (Å²) in [6.07, 6.45) is 1.84. The molecule has 0 spiro atoms. The van der Waals surface area contributed by atoms with Crippen LogP contribution in [0.5, 0.6) is 0 Å². The third kappa shape index (κ3) is 4.01. The fourth-order valence-corrected chi connectivity index (χ4v) is 2.30. The molecule has 6 heteroatoms. The van der Waals surface area contributed by atoms with E-state index in [4.69, 9.17) is 12.2 Å². The van der Waals surface area contributed by atoms with Crippen LogP contribution in [0.25, 0.3) is 0 Å². The van der Waals surface area contributed by atoms with Gasteiger partial charge in [-0.05, 0) is 43.8 Å². The number of thiocarbonyl (C=S) groups is 1. The highest BCUT2D eigenvalue weighted by Gasteiger charge is 2.12. The molecule has 0 aliphatic rings. The second-order valence-electron chi connectivity index (χ2n) is 4.98. The molecule has 1 aromatic heterocycles. The number of nitrogens with one attached hydrogen (secondary N) is 2. The van der Waals surface area contributed by atoms with Crippen LogP contribution >= 0.6 is 12.2 Å². The van der Waals surface area contributed by atoms with Crippen LogP contribution in [0.15, 0.2) is 30.5 Å². The van der Waals surface area contributed by atoms with Gasteiger partial charge in [0.05, 0.1) is 12.2 Å². The Balaban J connectivity index is 1.87. The average Bonchev–Trinajstić information content (AvgIpc) is 2.78. The first-order valence-corrected chi connectivity index (χ1v) is 7.15. The average molecular weight is 306 g/mol. The van der Waals surface area contributed by atoms with E-state index in [9.17, 15) is 4.39 Å². The summed E-state index contributed by atoms with van der Waals surface area (Å²) < 4.78 is 14.7. The maximum atomic E-state index is 12.8. The van der Waals surface area contributed by atoms with Gasteiger partial charge in [-0.3, -0.25) is 4.68 Å². The van der Waals surface area contributed by atoms with Gasteiger partial charge in [-0.1, -0.05) is 12.1 Å². The first-order chi connectivity index (χ1) is 9.97. The maximum absolute atomic E-state index is 12.8. The molecule has 2 rings (SSSR count). The van der Waals surface area contributed by atoms with E-state index in [0.29, 0.717) is 11.7 Å². The summed E-state index contributed by atoms with van der Waals surface area (Å²) in [5, 5.41) is 11.1. The quantitative estimate of drug-likeness (QED) is 0.852. The first kappa shape index (κ1) is 15.4. The molecule has 112 valence electrons. The molecule has 1 heterocycles. The van der Waals surface area contributed by atoms with Crippen LogP contribution in [0.3, 0.4) is 0 Å². The second kappa shape index (κ2) is 6.67. The van der Waals surface area contributed by atoms with Crippen molar-refractivity contribution in [1.82, 2.24) is 20.4 Å². The number of benzene rings is 1. The Hall–Kier alpha value is -1.95. The predicted molar refractivity (Wildman–Crippen MR) is 85.3 cm³/mol. The second-order valence-corrected chi connectivity index (χ2v) is 5.39. The molecule has 0 aliphatic carbocycles. The minimum Gasteiger partial charge on any atom is -0.359 e. The zero-order valence-electron chi connectivity index (χ0n) is 12.4. The van der Waals surface area contributed by atoms with Crippen molar-refractivity contribution < 1.29 is 4.39 Å². The molecule has 21 heavy (non-hydrogen) atoms. The summed E-state index contributed by atoms with van der Waals surface area (Å²) in [6.45, 7) is 4.62. The van der Waals surface area contributed by atoms with Crippen molar-refractivity contribution >= 4 is 17.3 Å². The third-order valence-electron chi connectivity index (χ3n) is 3.45. The normalized spacial score (nSPS) is 12.0. The molecule has 0 aliphatic heterocycles. The van der Waals surface area contributed by atoms with Crippen LogP contribution in [0, 0.1) is 12.7 Å². The van der Waals surface area contributed by atoms with E-state index < -0.39 is 0 Å². The number of halogens is 1. The SMILES string of the molecule is Cc1c(C(C)NC(=S)NCc2ccc(F)cc2)cnn1C. The van der Waals surface area contributed by atoms with Gasteiger partial charge < -0.3 is 10.6 Å². The Labute approximate surface area is 129 Å². The molecular formula is C15H19FN4S. The third-order valence-corrected chi connectivity index (χ3v) is 3.72. The highest BCUT2D eigenvalue weighted by atomic mass is 32.1. The van der Waals surface area contributed by atoms with E-state index in [2.05, 4.69) is 15.7 Å². The lowest BCUT2D eigenvalue weighted by Gasteiger charge is -2.17. The monoisotopic (exact) mass is 306 g/mol. The predicted octanol–water partition coefficient (Wildman–Crippen LogP) is 2.59. The van der Waals surface area contributed by atoms with E-state index in [1.807, 2.05) is 31.8 Å². The summed E-state index contributed by atoms with van der Waals surface area (Å²) in [4.78, 5) is 0. The fourth-order valence-electron chi connectivity index (χ4n) is 2.05. The molecule has 1 unspecified atom stereocenters. The van der Waals surface area contributed by atoms with E-state index in [0.717, 1.165) is 16.8 Å². The van der Waals surface area contributed by atoms with Crippen molar-refractivity contribution in [3.63, 3.8) is 0 Å². The lowest BCUT2D eigenvalue weighted by Crippen LogP contribution is -2.36. The molecule has 1 aromatic carbocycles. The lowest BCUT2D eigenvalue weighted by atomic mass is 10.1. The largest absolute Gasteiger partial charge is 0.359 e. The van der Waals surface area contributed by atoms with Crippen LogP contribution in [-0.2, 0) is 13.6 Å². The number of hydrogen-bond donors (Lipinski definition) is 2. The molecule has 2 N–H and O–H groups in total. The number of nitrogens with zero attached hydrogens (tertiary/aromatic N) is 2. The Morgan fingerprint density at radius 3 is 2.62 bits per heavy atom. The van der Waals surface area contributed by atoms with Gasteiger partial charge in [-0.25, -0.2) is 4.39 Å². The molecule has 4 nitrogen and oxygen atoms in total. The molecule has 0 fully saturated rings. The van der Waals surface area contributed by atoms with Crippen molar-refractivity contribution in [2.45, 2.75) is 26.4 Å². The molecule has 0 radical (unpaired) electrons. The van der Waals surface area contributed by atoms with E-state index in [1.165, 1.54) is 12.1 Å². The van der Waals surface area contributed by atoms with Crippen molar-refractivity contribution in [3.8, 4) is 0 Å². The minimum absolute atomic E-state index is 0.0758. The molecule has 1 atom stereocenters. The highest BCUT2D eigenvalue weighted by Crippen LogP contribution is 2.15. The van der Waals surface area contributed by atoms with Gasteiger partial charge in [0.2, 0.25) is 0 Å². The van der Waals surface area contributed by atoms with Crippen molar-refractivity contribution in [1.29, 1.82) is 0 Å².